The molecular formula is C25H28F3N6O. The fourth-order valence-corrected chi connectivity index (χ4v) is 4.53. The second-order valence-electron chi connectivity index (χ2n) is 9.04. The molecule has 2 fully saturated rings. The Morgan fingerprint density at radius 3 is 2.46 bits per heavy atom. The lowest BCUT2D eigenvalue weighted by Crippen LogP contribution is -2.44. The van der Waals surface area contributed by atoms with Crippen LogP contribution in [-0.2, 0) is 17.4 Å². The van der Waals surface area contributed by atoms with E-state index in [-0.39, 0.29) is 23.5 Å². The number of hydrogen-bond acceptors (Lipinski definition) is 6. The first-order chi connectivity index (χ1) is 16.7. The Morgan fingerprint density at radius 1 is 1.11 bits per heavy atom. The Bertz CT molecular complexity index is 1070. The van der Waals surface area contributed by atoms with Crippen molar-refractivity contribution in [1.29, 1.82) is 5.26 Å². The third-order valence-corrected chi connectivity index (χ3v) is 6.54. The van der Waals surface area contributed by atoms with Crippen LogP contribution in [0.15, 0.2) is 30.3 Å². The van der Waals surface area contributed by atoms with Gasteiger partial charge in [0.1, 0.15) is 17.7 Å². The van der Waals surface area contributed by atoms with E-state index in [1.807, 2.05) is 17.0 Å². The summed E-state index contributed by atoms with van der Waals surface area (Å²) >= 11 is 0. The highest BCUT2D eigenvalue weighted by atomic mass is 19.4. The molecule has 1 radical (unpaired) electrons. The maximum atomic E-state index is 13.6. The molecule has 0 saturated carbocycles. The maximum Gasteiger partial charge on any atom is 0.451 e. The Labute approximate surface area is 203 Å². The first kappa shape index (κ1) is 24.8. The van der Waals surface area contributed by atoms with Crippen LogP contribution in [0.2, 0.25) is 0 Å². The minimum atomic E-state index is -4.69. The number of amides is 1. The lowest BCUT2D eigenvalue weighted by atomic mass is 9.99. The highest BCUT2D eigenvalue weighted by Gasteiger charge is 2.38. The summed E-state index contributed by atoms with van der Waals surface area (Å²) in [6.07, 6.45) is -1.31. The highest BCUT2D eigenvalue weighted by Crippen LogP contribution is 2.33. The summed E-state index contributed by atoms with van der Waals surface area (Å²) in [5, 5.41) is 11.8. The normalized spacial score (nSPS) is 19.0. The molecule has 4 rings (SSSR count). The van der Waals surface area contributed by atoms with Crippen LogP contribution in [0.1, 0.15) is 42.6 Å². The van der Waals surface area contributed by atoms with Crippen molar-refractivity contribution in [2.45, 2.75) is 44.3 Å². The van der Waals surface area contributed by atoms with E-state index in [2.05, 4.69) is 28.3 Å². The number of hydrogen-bond donors (Lipinski definition) is 1. The summed E-state index contributed by atoms with van der Waals surface area (Å²) in [5.74, 6) is -0.771. The number of aromatic nitrogens is 2. The number of nitriles is 1. The number of carbonyl (C=O) groups is 1. The van der Waals surface area contributed by atoms with Crippen LogP contribution < -0.4 is 15.1 Å². The Morgan fingerprint density at radius 2 is 1.80 bits per heavy atom. The molecule has 1 atom stereocenters. The monoisotopic (exact) mass is 485 g/mol. The van der Waals surface area contributed by atoms with Crippen LogP contribution in [0.25, 0.3) is 0 Å². The van der Waals surface area contributed by atoms with Gasteiger partial charge in [-0.05, 0) is 55.7 Å². The summed E-state index contributed by atoms with van der Waals surface area (Å²) in [6, 6.07) is 10.2. The standard InChI is InChI=1S/C25H28F3N6O/c1-17-9-13-33(14-10-17)21-15-22(32-24(31-21)25(26,27)28)34-12-2-3-20(34)23(35)30-11-8-18-4-6-19(16-29)7-5-18/h4-7,15,17,20H,1-3,8-14H2,(H,30,35). The molecule has 1 N–H and O–H groups in total. The molecule has 1 aromatic heterocycles. The number of nitrogens with one attached hydrogen (secondary N) is 1. The van der Waals surface area contributed by atoms with Gasteiger partial charge in [-0.1, -0.05) is 19.1 Å². The van der Waals surface area contributed by atoms with Gasteiger partial charge in [-0.25, -0.2) is 9.97 Å². The van der Waals surface area contributed by atoms with Crippen molar-refractivity contribution < 1.29 is 18.0 Å². The molecule has 2 saturated heterocycles. The molecule has 2 aliphatic heterocycles. The molecule has 0 bridgehead atoms. The first-order valence-corrected chi connectivity index (χ1v) is 11.8. The number of anilines is 2. The molecule has 1 aromatic carbocycles. The van der Waals surface area contributed by atoms with E-state index in [0.29, 0.717) is 51.0 Å². The molecule has 2 aliphatic rings. The zero-order valence-corrected chi connectivity index (χ0v) is 19.4. The second-order valence-corrected chi connectivity index (χ2v) is 9.04. The summed E-state index contributed by atoms with van der Waals surface area (Å²) in [6.45, 7) is 6.04. The number of piperidine rings is 1. The third kappa shape index (κ3) is 6.02. The van der Waals surface area contributed by atoms with E-state index in [0.717, 1.165) is 18.4 Å². The van der Waals surface area contributed by atoms with Crippen LogP contribution in [-0.4, -0.2) is 48.1 Å². The molecular weight excluding hydrogens is 457 g/mol. The fraction of sp³-hybridized carbons (Fsp3) is 0.480. The average molecular weight is 486 g/mol. The van der Waals surface area contributed by atoms with Gasteiger partial charge in [-0.2, -0.15) is 18.4 Å². The summed E-state index contributed by atoms with van der Waals surface area (Å²) in [7, 11) is 0. The molecule has 10 heteroatoms. The van der Waals surface area contributed by atoms with Gasteiger partial charge in [-0.3, -0.25) is 4.79 Å². The Kier molecular flexibility index (Phi) is 7.43. The maximum absolute atomic E-state index is 13.6. The zero-order chi connectivity index (χ0) is 25.0. The first-order valence-electron chi connectivity index (χ1n) is 11.8. The average Bonchev–Trinajstić information content (AvgIpc) is 3.34. The minimum absolute atomic E-state index is 0.129. The third-order valence-electron chi connectivity index (χ3n) is 6.54. The molecule has 0 aliphatic carbocycles. The summed E-state index contributed by atoms with van der Waals surface area (Å²) in [5.41, 5.74) is 1.55. The number of nitrogens with zero attached hydrogens (tertiary/aromatic N) is 5. The predicted octanol–water partition coefficient (Wildman–Crippen LogP) is 3.75. The quantitative estimate of drug-likeness (QED) is 0.671. The second kappa shape index (κ2) is 10.5. The van der Waals surface area contributed by atoms with Crippen molar-refractivity contribution in [3.05, 3.63) is 54.2 Å². The summed E-state index contributed by atoms with van der Waals surface area (Å²) in [4.78, 5) is 24.1. The number of rotatable bonds is 6. The van der Waals surface area contributed by atoms with Crippen LogP contribution in [0.5, 0.6) is 0 Å². The lowest BCUT2D eigenvalue weighted by Gasteiger charge is -2.32. The Balaban J connectivity index is 1.47. The van der Waals surface area contributed by atoms with Crippen LogP contribution in [0.4, 0.5) is 24.8 Å². The van der Waals surface area contributed by atoms with Crippen molar-refractivity contribution in [3.8, 4) is 6.07 Å². The molecule has 0 spiro atoms. The van der Waals surface area contributed by atoms with E-state index >= 15 is 0 Å². The van der Waals surface area contributed by atoms with Gasteiger partial charge in [0.25, 0.3) is 0 Å². The number of carbonyl (C=O) groups excluding carboxylic acids is 1. The molecule has 3 heterocycles. The van der Waals surface area contributed by atoms with Gasteiger partial charge in [0.05, 0.1) is 11.6 Å². The largest absolute Gasteiger partial charge is 0.451 e. The fourth-order valence-electron chi connectivity index (χ4n) is 4.53. The van der Waals surface area contributed by atoms with Crippen molar-refractivity contribution in [2.75, 3.05) is 36.0 Å². The Hall–Kier alpha value is -3.35. The van der Waals surface area contributed by atoms with E-state index in [4.69, 9.17) is 5.26 Å². The van der Waals surface area contributed by atoms with Gasteiger partial charge in [0, 0.05) is 32.2 Å². The van der Waals surface area contributed by atoms with Gasteiger partial charge >= 0.3 is 6.18 Å². The predicted molar refractivity (Wildman–Crippen MR) is 126 cm³/mol. The van der Waals surface area contributed by atoms with Crippen molar-refractivity contribution in [2.24, 2.45) is 5.92 Å². The van der Waals surface area contributed by atoms with Crippen LogP contribution >= 0.6 is 0 Å². The summed E-state index contributed by atoms with van der Waals surface area (Å²) < 4.78 is 40.9. The molecule has 185 valence electrons. The molecule has 2 aromatic rings. The minimum Gasteiger partial charge on any atom is -0.356 e. The molecule has 1 unspecified atom stereocenters. The van der Waals surface area contributed by atoms with Gasteiger partial charge in [0.15, 0.2) is 0 Å². The number of benzene rings is 1. The van der Waals surface area contributed by atoms with E-state index in [9.17, 15) is 18.0 Å². The number of halogens is 3. The molecule has 35 heavy (non-hydrogen) atoms. The van der Waals surface area contributed by atoms with Gasteiger partial charge in [-0.15, -0.1) is 0 Å². The van der Waals surface area contributed by atoms with E-state index in [1.54, 1.807) is 23.1 Å². The van der Waals surface area contributed by atoms with E-state index < -0.39 is 18.0 Å². The SMILES string of the molecule is [CH2]C1CCN(c2cc(N3CCCC3C(=O)NCCc3ccc(C#N)cc3)nc(C(F)(F)F)n2)CC1. The highest BCUT2D eigenvalue weighted by molar-refractivity contribution is 5.85. The van der Waals surface area contributed by atoms with Gasteiger partial charge < -0.3 is 15.1 Å². The smallest absolute Gasteiger partial charge is 0.356 e. The molecule has 7 nitrogen and oxygen atoms in total. The topological polar surface area (TPSA) is 85.1 Å². The van der Waals surface area contributed by atoms with Crippen molar-refractivity contribution in [3.63, 3.8) is 0 Å². The van der Waals surface area contributed by atoms with E-state index in [1.165, 1.54) is 0 Å². The lowest BCUT2D eigenvalue weighted by molar-refractivity contribution is -0.144. The van der Waals surface area contributed by atoms with Crippen molar-refractivity contribution in [1.82, 2.24) is 15.3 Å². The molecule has 1 amide bonds. The van der Waals surface area contributed by atoms with Crippen molar-refractivity contribution >= 4 is 17.5 Å². The number of alkyl halides is 3. The van der Waals surface area contributed by atoms with Crippen LogP contribution in [0.3, 0.4) is 0 Å². The van der Waals surface area contributed by atoms with Crippen LogP contribution in [0, 0.1) is 24.2 Å². The zero-order valence-electron chi connectivity index (χ0n) is 19.4. The van der Waals surface area contributed by atoms with Gasteiger partial charge in [0.2, 0.25) is 11.7 Å².